The lowest BCUT2D eigenvalue weighted by Crippen LogP contribution is -2.15. The van der Waals surface area contributed by atoms with Crippen molar-refractivity contribution in [3.8, 4) is 11.8 Å². The van der Waals surface area contributed by atoms with E-state index in [0.717, 1.165) is 6.20 Å². The van der Waals surface area contributed by atoms with E-state index in [4.69, 9.17) is 14.7 Å². The van der Waals surface area contributed by atoms with Crippen molar-refractivity contribution in [1.29, 1.82) is 5.26 Å². The molecule has 0 aliphatic heterocycles. The van der Waals surface area contributed by atoms with Crippen LogP contribution < -0.4 is 20.1 Å². The summed E-state index contributed by atoms with van der Waals surface area (Å²) >= 11 is 0. The Labute approximate surface area is 185 Å². The summed E-state index contributed by atoms with van der Waals surface area (Å²) in [5, 5.41) is 14.4. The number of rotatable bonds is 9. The average Bonchev–Trinajstić information content (AvgIpc) is 2.74. The van der Waals surface area contributed by atoms with Crippen molar-refractivity contribution < 1.29 is 27.5 Å². The number of nitriles is 1. The quantitative estimate of drug-likeness (QED) is 0.295. The Morgan fingerprint density at radius 3 is 2.41 bits per heavy atom. The molecule has 0 aromatic heterocycles. The average molecular weight is 458 g/mol. The number of nitrogens with one attached hydrogen (secondary N) is 3. The molecule has 0 aliphatic carbocycles. The summed E-state index contributed by atoms with van der Waals surface area (Å²) in [5.74, 6) is -0.888. The first kappa shape index (κ1) is 24.2. The molecule has 0 bridgehead atoms. The minimum atomic E-state index is -4.06. The number of carbonyl (C=O) groups is 2. The zero-order chi connectivity index (χ0) is 23.7. The van der Waals surface area contributed by atoms with Crippen molar-refractivity contribution in [2.45, 2.75) is 18.7 Å². The van der Waals surface area contributed by atoms with Crippen LogP contribution in [0.1, 0.15) is 13.8 Å². The Balaban J connectivity index is 2.34. The fourth-order valence-corrected chi connectivity index (χ4v) is 3.64. The van der Waals surface area contributed by atoms with Gasteiger partial charge in [0.2, 0.25) is 5.91 Å². The highest BCUT2D eigenvalue weighted by Crippen LogP contribution is 2.30. The maximum absolute atomic E-state index is 12.9. The molecule has 0 heterocycles. The molecule has 0 aliphatic rings. The van der Waals surface area contributed by atoms with Crippen molar-refractivity contribution >= 4 is 39.0 Å². The molecule has 3 N–H and O–H groups in total. The number of sulfonamides is 1. The molecule has 0 atom stereocenters. The Kier molecular flexibility index (Phi) is 8.20. The summed E-state index contributed by atoms with van der Waals surface area (Å²) < 4.78 is 38.3. The lowest BCUT2D eigenvalue weighted by atomic mass is 10.2. The zero-order valence-electron chi connectivity index (χ0n) is 17.6. The molecule has 11 heteroatoms. The number of ether oxygens (including phenoxy) is 2. The Morgan fingerprint density at radius 2 is 1.81 bits per heavy atom. The van der Waals surface area contributed by atoms with E-state index in [1.807, 2.05) is 0 Å². The molecule has 0 spiro atoms. The number of benzene rings is 2. The van der Waals surface area contributed by atoms with Crippen LogP contribution in [0, 0.1) is 11.3 Å². The molecule has 0 saturated carbocycles. The maximum atomic E-state index is 12.9. The standard InChI is InChI=1S/C21H22N4O6S/c1-4-31-21(27)15(12-22)13-23-17-7-5-6-8-18(17)25-32(28,29)16-9-10-20(30-3)19(11-16)24-14(2)26/h5-11,13,23,25H,4H2,1-3H3,(H,24,26)/b15-13+. The lowest BCUT2D eigenvalue weighted by molar-refractivity contribution is -0.138. The first-order valence-electron chi connectivity index (χ1n) is 9.33. The minimum absolute atomic E-state index is 0.108. The molecule has 0 radical (unpaired) electrons. The van der Waals surface area contributed by atoms with Crippen molar-refractivity contribution in [3.63, 3.8) is 0 Å². The second-order valence-corrected chi connectivity index (χ2v) is 7.91. The second-order valence-electron chi connectivity index (χ2n) is 6.23. The molecule has 1 amide bonds. The fourth-order valence-electron chi connectivity index (χ4n) is 2.54. The topological polar surface area (TPSA) is 147 Å². The van der Waals surface area contributed by atoms with Gasteiger partial charge >= 0.3 is 5.97 Å². The van der Waals surface area contributed by atoms with Gasteiger partial charge in [-0.1, -0.05) is 12.1 Å². The van der Waals surface area contributed by atoms with E-state index in [1.54, 1.807) is 31.2 Å². The van der Waals surface area contributed by atoms with Gasteiger partial charge in [-0.25, -0.2) is 13.2 Å². The summed E-state index contributed by atoms with van der Waals surface area (Å²) in [6.45, 7) is 3.01. The highest BCUT2D eigenvalue weighted by Gasteiger charge is 2.19. The third-order valence-corrected chi connectivity index (χ3v) is 5.31. The number of methoxy groups -OCH3 is 1. The van der Waals surface area contributed by atoms with Crippen LogP contribution in [0.3, 0.4) is 0 Å². The Bertz CT molecular complexity index is 1190. The Hall–Kier alpha value is -4.04. The van der Waals surface area contributed by atoms with E-state index in [-0.39, 0.29) is 34.4 Å². The molecule has 2 aromatic carbocycles. The van der Waals surface area contributed by atoms with Crippen LogP contribution in [-0.2, 0) is 24.3 Å². The van der Waals surface area contributed by atoms with Gasteiger partial charge in [-0.3, -0.25) is 9.52 Å². The first-order valence-corrected chi connectivity index (χ1v) is 10.8. The van der Waals surface area contributed by atoms with Crippen LogP contribution >= 0.6 is 0 Å². The third-order valence-electron chi connectivity index (χ3n) is 3.95. The van der Waals surface area contributed by atoms with E-state index in [0.29, 0.717) is 11.4 Å². The number of hydrogen-bond donors (Lipinski definition) is 3. The van der Waals surface area contributed by atoms with E-state index >= 15 is 0 Å². The largest absolute Gasteiger partial charge is 0.495 e. The van der Waals surface area contributed by atoms with Crippen LogP contribution in [0.15, 0.2) is 59.1 Å². The van der Waals surface area contributed by atoms with Crippen molar-refractivity contribution in [2.75, 3.05) is 29.1 Å². The van der Waals surface area contributed by atoms with Gasteiger partial charge in [-0.05, 0) is 37.3 Å². The van der Waals surface area contributed by atoms with Gasteiger partial charge in [0.1, 0.15) is 11.8 Å². The van der Waals surface area contributed by atoms with Crippen molar-refractivity contribution in [3.05, 3.63) is 54.2 Å². The monoisotopic (exact) mass is 458 g/mol. The second kappa shape index (κ2) is 10.8. The zero-order valence-corrected chi connectivity index (χ0v) is 18.4. The molecule has 168 valence electrons. The molecular formula is C21H22N4O6S. The summed E-state index contributed by atoms with van der Waals surface area (Å²) in [5.41, 5.74) is 0.385. The van der Waals surface area contributed by atoms with E-state index < -0.39 is 16.0 Å². The van der Waals surface area contributed by atoms with E-state index in [9.17, 15) is 18.0 Å². The molecular weight excluding hydrogens is 436 g/mol. The van der Waals surface area contributed by atoms with E-state index in [2.05, 4.69) is 15.4 Å². The molecule has 0 unspecified atom stereocenters. The minimum Gasteiger partial charge on any atom is -0.495 e. The first-order chi connectivity index (χ1) is 15.2. The number of anilines is 3. The number of amides is 1. The predicted octanol–water partition coefficient (Wildman–Crippen LogP) is 2.84. The normalized spacial score (nSPS) is 11.1. The van der Waals surface area contributed by atoms with Gasteiger partial charge in [-0.15, -0.1) is 0 Å². The highest BCUT2D eigenvalue weighted by molar-refractivity contribution is 7.92. The lowest BCUT2D eigenvalue weighted by Gasteiger charge is -2.15. The van der Waals surface area contributed by atoms with Crippen LogP contribution in [0.4, 0.5) is 17.1 Å². The summed E-state index contributed by atoms with van der Waals surface area (Å²) in [4.78, 5) is 23.1. The SMILES string of the molecule is CCOC(=O)/C(C#N)=C/Nc1ccccc1NS(=O)(=O)c1ccc(OC)c(NC(C)=O)c1. The summed E-state index contributed by atoms with van der Waals surface area (Å²) in [6.07, 6.45) is 1.13. The van der Waals surface area contributed by atoms with Crippen molar-refractivity contribution in [2.24, 2.45) is 0 Å². The predicted molar refractivity (Wildman–Crippen MR) is 118 cm³/mol. The van der Waals surface area contributed by atoms with Crippen molar-refractivity contribution in [1.82, 2.24) is 0 Å². The van der Waals surface area contributed by atoms with Gasteiger partial charge in [0.05, 0.1) is 35.7 Å². The van der Waals surface area contributed by atoms with Gasteiger partial charge in [0.15, 0.2) is 5.57 Å². The van der Waals surface area contributed by atoms with Crippen LogP contribution in [0.25, 0.3) is 0 Å². The molecule has 0 saturated heterocycles. The summed E-state index contributed by atoms with van der Waals surface area (Å²) in [6, 6.07) is 12.1. The number of para-hydroxylation sites is 2. The summed E-state index contributed by atoms with van der Waals surface area (Å²) in [7, 11) is -2.67. The van der Waals surface area contributed by atoms with E-state index in [1.165, 1.54) is 38.3 Å². The molecule has 32 heavy (non-hydrogen) atoms. The smallest absolute Gasteiger partial charge is 0.350 e. The molecule has 10 nitrogen and oxygen atoms in total. The maximum Gasteiger partial charge on any atom is 0.350 e. The van der Waals surface area contributed by atoms with Crippen LogP contribution in [0.2, 0.25) is 0 Å². The fraction of sp³-hybridized carbons (Fsp3) is 0.190. The highest BCUT2D eigenvalue weighted by atomic mass is 32.2. The van der Waals surface area contributed by atoms with Gasteiger partial charge in [0.25, 0.3) is 10.0 Å². The number of hydrogen-bond acceptors (Lipinski definition) is 8. The van der Waals surface area contributed by atoms with Gasteiger partial charge < -0.3 is 20.1 Å². The van der Waals surface area contributed by atoms with Gasteiger partial charge in [0, 0.05) is 13.1 Å². The number of carbonyl (C=O) groups excluding carboxylic acids is 2. The Morgan fingerprint density at radius 1 is 1.12 bits per heavy atom. The van der Waals surface area contributed by atoms with Crippen LogP contribution in [0.5, 0.6) is 5.75 Å². The number of nitrogens with zero attached hydrogens (tertiary/aromatic N) is 1. The molecule has 0 fully saturated rings. The van der Waals surface area contributed by atoms with Gasteiger partial charge in [-0.2, -0.15) is 5.26 Å². The molecule has 2 rings (SSSR count). The molecule has 2 aromatic rings. The number of esters is 1. The third kappa shape index (κ3) is 6.23. The van der Waals surface area contributed by atoms with Crippen LogP contribution in [-0.4, -0.2) is 34.0 Å².